The quantitative estimate of drug-likeness (QED) is 0.912. The highest BCUT2D eigenvalue weighted by Gasteiger charge is 2.20. The average Bonchev–Trinajstić information content (AvgIpc) is 2.54. The number of amides is 1. The molecule has 6 nitrogen and oxygen atoms in total. The summed E-state index contributed by atoms with van der Waals surface area (Å²) in [6, 6.07) is 8.53. The number of carbonyl (C=O) groups is 1. The van der Waals surface area contributed by atoms with Gasteiger partial charge in [0.2, 0.25) is 5.82 Å². The van der Waals surface area contributed by atoms with E-state index in [9.17, 15) is 4.79 Å². The molecular weight excluding hydrogens is 290 g/mol. The smallest absolute Gasteiger partial charge is 0.286 e. The maximum absolute atomic E-state index is 11.2. The molecule has 0 saturated carbocycles. The third-order valence-electron chi connectivity index (χ3n) is 4.02. The van der Waals surface area contributed by atoms with Gasteiger partial charge in [-0.2, -0.15) is 0 Å². The van der Waals surface area contributed by atoms with Crippen LogP contribution in [0.4, 0.5) is 5.69 Å². The van der Waals surface area contributed by atoms with Crippen molar-refractivity contribution in [2.75, 3.05) is 25.5 Å². The minimum atomic E-state index is -0.611. The van der Waals surface area contributed by atoms with E-state index in [-0.39, 0.29) is 5.82 Å². The maximum Gasteiger partial charge on any atom is 0.286 e. The Morgan fingerprint density at radius 1 is 1.35 bits per heavy atom. The number of carbonyl (C=O) groups excluding carboxylic acids is 1. The molecule has 1 aliphatic rings. The number of anilines is 1. The fourth-order valence-electron chi connectivity index (χ4n) is 2.70. The molecule has 0 saturated heterocycles. The Hall–Kier alpha value is -2.47. The van der Waals surface area contributed by atoms with Crippen LogP contribution in [-0.2, 0) is 19.5 Å². The van der Waals surface area contributed by atoms with E-state index in [1.807, 2.05) is 14.1 Å². The van der Waals surface area contributed by atoms with E-state index in [0.717, 1.165) is 30.8 Å². The first-order chi connectivity index (χ1) is 11.0. The number of fused-ring (bicyclic) bond motifs is 1. The zero-order valence-corrected chi connectivity index (χ0v) is 13.4. The highest BCUT2D eigenvalue weighted by atomic mass is 16.1. The topological polar surface area (TPSA) is 75.3 Å². The van der Waals surface area contributed by atoms with Crippen molar-refractivity contribution in [1.29, 1.82) is 0 Å². The largest absolute Gasteiger partial charge is 0.378 e. The summed E-state index contributed by atoms with van der Waals surface area (Å²) in [6.45, 7) is 2.46. The van der Waals surface area contributed by atoms with Gasteiger partial charge in [-0.25, -0.2) is 9.97 Å². The Balaban J connectivity index is 1.71. The third kappa shape index (κ3) is 3.48. The lowest BCUT2D eigenvalue weighted by Crippen LogP contribution is -2.32. The summed E-state index contributed by atoms with van der Waals surface area (Å²) in [5.74, 6) is -0.568. The summed E-state index contributed by atoms with van der Waals surface area (Å²) in [5, 5.41) is 0. The molecule has 1 radical (unpaired) electrons. The predicted molar refractivity (Wildman–Crippen MR) is 88.0 cm³/mol. The van der Waals surface area contributed by atoms with Crippen molar-refractivity contribution in [2.45, 2.75) is 19.5 Å². The molecule has 0 unspecified atom stereocenters. The summed E-state index contributed by atoms with van der Waals surface area (Å²) < 4.78 is 0. The van der Waals surface area contributed by atoms with E-state index in [1.165, 1.54) is 11.3 Å². The zero-order valence-electron chi connectivity index (χ0n) is 13.4. The fraction of sp³-hybridized carbons (Fsp3) is 0.353. The van der Waals surface area contributed by atoms with E-state index >= 15 is 0 Å². The number of hydrogen-bond donors (Lipinski definition) is 1. The Morgan fingerprint density at radius 3 is 2.74 bits per heavy atom. The van der Waals surface area contributed by atoms with Crippen molar-refractivity contribution < 1.29 is 4.79 Å². The Bertz CT molecular complexity index is 711. The molecule has 23 heavy (non-hydrogen) atoms. The van der Waals surface area contributed by atoms with Gasteiger partial charge in [-0.05, 0) is 24.1 Å². The average molecular weight is 310 g/mol. The molecule has 2 heterocycles. The second-order valence-electron chi connectivity index (χ2n) is 5.97. The molecule has 3 rings (SSSR count). The summed E-state index contributed by atoms with van der Waals surface area (Å²) in [6.07, 6.45) is 3.74. The van der Waals surface area contributed by atoms with Gasteiger partial charge in [0.15, 0.2) is 0 Å². The van der Waals surface area contributed by atoms with Crippen molar-refractivity contribution in [2.24, 2.45) is 5.73 Å². The van der Waals surface area contributed by atoms with E-state index in [1.54, 1.807) is 0 Å². The summed E-state index contributed by atoms with van der Waals surface area (Å²) in [5.41, 5.74) is 9.52. The molecular formula is C17H20N5O. The van der Waals surface area contributed by atoms with Crippen LogP contribution in [-0.4, -0.2) is 41.4 Å². The monoisotopic (exact) mass is 310 g/mol. The first-order valence-corrected chi connectivity index (χ1v) is 7.59. The summed E-state index contributed by atoms with van der Waals surface area (Å²) in [7, 11) is 4.06. The Labute approximate surface area is 135 Å². The van der Waals surface area contributed by atoms with Crippen molar-refractivity contribution >= 4 is 11.6 Å². The van der Waals surface area contributed by atoms with Crippen LogP contribution in [0.3, 0.4) is 0 Å². The minimum Gasteiger partial charge on any atom is -0.378 e. The van der Waals surface area contributed by atoms with Crippen molar-refractivity contribution in [3.63, 3.8) is 0 Å². The molecule has 0 atom stereocenters. The van der Waals surface area contributed by atoms with Crippen LogP contribution in [0.15, 0.2) is 24.3 Å². The van der Waals surface area contributed by atoms with E-state index in [4.69, 9.17) is 5.73 Å². The molecule has 2 aromatic rings. The van der Waals surface area contributed by atoms with Gasteiger partial charge in [-0.3, -0.25) is 9.69 Å². The van der Waals surface area contributed by atoms with E-state index < -0.39 is 5.91 Å². The number of hydrogen-bond acceptors (Lipinski definition) is 5. The van der Waals surface area contributed by atoms with Crippen LogP contribution in [0.1, 0.15) is 27.4 Å². The van der Waals surface area contributed by atoms with Crippen LogP contribution in [0, 0.1) is 6.20 Å². The Kier molecular flexibility index (Phi) is 4.25. The number of aromatic nitrogens is 2. The molecule has 6 heteroatoms. The molecule has 0 aliphatic carbocycles. The molecule has 2 N–H and O–H groups in total. The van der Waals surface area contributed by atoms with Gasteiger partial charge in [0.25, 0.3) is 5.91 Å². The molecule has 0 fully saturated rings. The molecule has 119 valence electrons. The SMILES string of the molecule is CN(C)c1ccc(CN2CCc3[c]nc(C(N)=O)nc3C2)cc1. The molecule has 1 aromatic heterocycles. The molecule has 1 amide bonds. The zero-order chi connectivity index (χ0) is 16.4. The van der Waals surface area contributed by atoms with Gasteiger partial charge in [0.1, 0.15) is 0 Å². The Morgan fingerprint density at radius 2 is 2.09 bits per heavy atom. The lowest BCUT2D eigenvalue weighted by atomic mass is 10.1. The first kappa shape index (κ1) is 15.4. The van der Waals surface area contributed by atoms with Crippen LogP contribution < -0.4 is 10.6 Å². The van der Waals surface area contributed by atoms with Gasteiger partial charge < -0.3 is 10.6 Å². The van der Waals surface area contributed by atoms with Crippen LogP contribution in [0.2, 0.25) is 0 Å². The number of benzene rings is 1. The third-order valence-corrected chi connectivity index (χ3v) is 4.02. The number of primary amides is 1. The fourth-order valence-corrected chi connectivity index (χ4v) is 2.70. The summed E-state index contributed by atoms with van der Waals surface area (Å²) >= 11 is 0. The summed E-state index contributed by atoms with van der Waals surface area (Å²) in [4.78, 5) is 23.8. The van der Waals surface area contributed by atoms with E-state index in [2.05, 4.69) is 50.2 Å². The number of nitrogens with two attached hydrogens (primary N) is 1. The van der Waals surface area contributed by atoms with Crippen molar-refractivity contribution in [3.8, 4) is 0 Å². The van der Waals surface area contributed by atoms with Gasteiger partial charge in [0.05, 0.1) is 11.9 Å². The second kappa shape index (κ2) is 6.34. The standard InChI is InChI=1S/C17H20N5O/c1-21(2)14-5-3-12(4-6-14)10-22-8-7-13-9-19-17(16(18)23)20-15(13)11-22/h3-6H,7-8,10-11H2,1-2H3,(H2,18,23). The van der Waals surface area contributed by atoms with Gasteiger partial charge in [-0.15, -0.1) is 0 Å². The van der Waals surface area contributed by atoms with Crippen molar-refractivity contribution in [1.82, 2.24) is 14.9 Å². The second-order valence-corrected chi connectivity index (χ2v) is 5.97. The number of rotatable bonds is 4. The molecule has 1 aliphatic heterocycles. The van der Waals surface area contributed by atoms with E-state index in [0.29, 0.717) is 6.54 Å². The lowest BCUT2D eigenvalue weighted by Gasteiger charge is -2.27. The first-order valence-electron chi connectivity index (χ1n) is 7.59. The van der Waals surface area contributed by atoms with Crippen molar-refractivity contribution in [3.05, 3.63) is 53.1 Å². The van der Waals surface area contributed by atoms with Crippen LogP contribution >= 0.6 is 0 Å². The highest BCUT2D eigenvalue weighted by Crippen LogP contribution is 2.19. The number of nitrogens with zero attached hydrogens (tertiary/aromatic N) is 4. The molecule has 0 spiro atoms. The normalized spacial score (nSPS) is 14.3. The van der Waals surface area contributed by atoms with Crippen LogP contribution in [0.25, 0.3) is 0 Å². The molecule has 0 bridgehead atoms. The maximum atomic E-state index is 11.2. The molecule has 1 aromatic carbocycles. The van der Waals surface area contributed by atoms with Crippen LogP contribution in [0.5, 0.6) is 0 Å². The van der Waals surface area contributed by atoms with Gasteiger partial charge in [0, 0.05) is 45.0 Å². The van der Waals surface area contributed by atoms with Gasteiger partial charge >= 0.3 is 0 Å². The van der Waals surface area contributed by atoms with Gasteiger partial charge in [-0.1, -0.05) is 12.1 Å². The highest BCUT2D eigenvalue weighted by molar-refractivity contribution is 5.88. The lowest BCUT2D eigenvalue weighted by molar-refractivity contribution is 0.0989. The predicted octanol–water partition coefficient (Wildman–Crippen LogP) is 1.000. The minimum absolute atomic E-state index is 0.0425.